The number of halogens is 2. The number of nitrogens with zero attached hydrogens (tertiary/aromatic N) is 2. The molecule has 1 aliphatic rings. The van der Waals surface area contributed by atoms with Crippen molar-refractivity contribution in [2.45, 2.75) is 18.9 Å². The van der Waals surface area contributed by atoms with Crippen LogP contribution >= 0.6 is 34.5 Å². The first kappa shape index (κ1) is 22.3. The summed E-state index contributed by atoms with van der Waals surface area (Å²) in [7, 11) is 0. The molecule has 2 heterocycles. The van der Waals surface area contributed by atoms with Crippen LogP contribution in [0.4, 0.5) is 9.93 Å². The molecule has 1 aromatic heterocycles. The Morgan fingerprint density at radius 3 is 2.69 bits per heavy atom. The number of anilines is 1. The lowest BCUT2D eigenvalue weighted by molar-refractivity contribution is -0.133. The molecule has 0 bridgehead atoms. The normalized spacial score (nSPS) is 18.0. The molecule has 4 amide bonds. The number of amides is 4. The number of hydrogen-bond donors (Lipinski definition) is 2. The molecule has 2 N–H and O–H groups in total. The maximum Gasteiger partial charge on any atom is 0.325 e. The number of aromatic nitrogens is 1. The number of rotatable bonds is 6. The summed E-state index contributed by atoms with van der Waals surface area (Å²) in [4.78, 5) is 43.8. The monoisotopic (exact) mass is 488 g/mol. The highest BCUT2D eigenvalue weighted by Gasteiger charge is 2.49. The van der Waals surface area contributed by atoms with Crippen LogP contribution in [0.15, 0.2) is 54.7 Å². The molecular formula is C22H18Cl2N4O3S. The van der Waals surface area contributed by atoms with Crippen molar-refractivity contribution in [2.24, 2.45) is 0 Å². The maximum absolute atomic E-state index is 12.9. The third kappa shape index (κ3) is 4.48. The number of carbonyl (C=O) groups excluding carboxylic acids is 3. The summed E-state index contributed by atoms with van der Waals surface area (Å²) in [5, 5.41) is 6.86. The van der Waals surface area contributed by atoms with Gasteiger partial charge in [-0.1, -0.05) is 53.5 Å². The topological polar surface area (TPSA) is 91.4 Å². The van der Waals surface area contributed by atoms with Crippen molar-refractivity contribution < 1.29 is 14.4 Å². The zero-order valence-electron chi connectivity index (χ0n) is 16.9. The van der Waals surface area contributed by atoms with Gasteiger partial charge in [0.05, 0.1) is 0 Å². The lowest BCUT2D eigenvalue weighted by Gasteiger charge is -2.21. The number of imide groups is 1. The Hall–Kier alpha value is -2.94. The largest absolute Gasteiger partial charge is 0.325 e. The van der Waals surface area contributed by atoms with Gasteiger partial charge in [-0.2, -0.15) is 0 Å². The number of hydrogen-bond acceptors (Lipinski definition) is 5. The van der Waals surface area contributed by atoms with Gasteiger partial charge in [-0.05, 0) is 36.2 Å². The molecule has 0 saturated carbocycles. The molecule has 164 valence electrons. The number of nitrogens with one attached hydrogen (secondary N) is 2. The van der Waals surface area contributed by atoms with Gasteiger partial charge in [0.25, 0.3) is 5.91 Å². The Morgan fingerprint density at radius 1 is 1.19 bits per heavy atom. The lowest BCUT2D eigenvalue weighted by Crippen LogP contribution is -2.42. The van der Waals surface area contributed by atoms with E-state index in [0.29, 0.717) is 27.2 Å². The van der Waals surface area contributed by atoms with Crippen molar-refractivity contribution in [3.63, 3.8) is 0 Å². The van der Waals surface area contributed by atoms with E-state index in [0.717, 1.165) is 15.3 Å². The van der Waals surface area contributed by atoms with Crippen LogP contribution in [0, 0.1) is 0 Å². The summed E-state index contributed by atoms with van der Waals surface area (Å²) in [6.07, 6.45) is 2.15. The van der Waals surface area contributed by atoms with Crippen LogP contribution in [0.1, 0.15) is 22.9 Å². The summed E-state index contributed by atoms with van der Waals surface area (Å²) in [6.45, 7) is 1.21. The number of benzene rings is 2. The van der Waals surface area contributed by atoms with Crippen molar-refractivity contribution in [1.29, 1.82) is 0 Å². The Bertz CT molecular complexity index is 1200. The fraction of sp³-hybridized carbons (Fsp3) is 0.182. The van der Waals surface area contributed by atoms with Crippen molar-refractivity contribution in [3.05, 3.63) is 80.8 Å². The van der Waals surface area contributed by atoms with Crippen molar-refractivity contribution in [1.82, 2.24) is 15.2 Å². The van der Waals surface area contributed by atoms with Gasteiger partial charge in [0.1, 0.15) is 12.1 Å². The maximum atomic E-state index is 12.9. The average Bonchev–Trinajstić information content (AvgIpc) is 3.29. The Morgan fingerprint density at radius 2 is 1.94 bits per heavy atom. The SMILES string of the molecule is CC1(c2ccccc2)NC(=O)N(CC(=O)Nc2ncc(Cc3cc(Cl)ccc3Cl)s2)C1=O. The van der Waals surface area contributed by atoms with Gasteiger partial charge >= 0.3 is 6.03 Å². The van der Waals surface area contributed by atoms with E-state index in [-0.39, 0.29) is 0 Å². The molecule has 4 rings (SSSR count). The minimum atomic E-state index is -1.22. The molecule has 10 heteroatoms. The van der Waals surface area contributed by atoms with E-state index in [1.54, 1.807) is 55.6 Å². The molecule has 32 heavy (non-hydrogen) atoms. The first-order chi connectivity index (χ1) is 15.3. The summed E-state index contributed by atoms with van der Waals surface area (Å²) in [6, 6.07) is 13.5. The number of carbonyl (C=O) groups is 3. The predicted octanol–water partition coefficient (Wildman–Crippen LogP) is 4.45. The molecule has 1 fully saturated rings. The smallest absolute Gasteiger partial charge is 0.319 e. The highest BCUT2D eigenvalue weighted by Crippen LogP contribution is 2.29. The number of thiazole rings is 1. The third-order valence-electron chi connectivity index (χ3n) is 5.10. The molecule has 0 aliphatic carbocycles. The third-order valence-corrected chi connectivity index (χ3v) is 6.62. The van der Waals surface area contributed by atoms with E-state index in [1.165, 1.54) is 11.3 Å². The quantitative estimate of drug-likeness (QED) is 0.501. The van der Waals surface area contributed by atoms with Gasteiger partial charge in [-0.15, -0.1) is 11.3 Å². The van der Waals surface area contributed by atoms with E-state index < -0.39 is 29.9 Å². The van der Waals surface area contributed by atoms with Crippen molar-refractivity contribution >= 4 is 57.5 Å². The Kier molecular flexibility index (Phi) is 6.19. The first-order valence-corrected chi connectivity index (χ1v) is 11.2. The van der Waals surface area contributed by atoms with Crippen molar-refractivity contribution in [2.75, 3.05) is 11.9 Å². The molecule has 1 unspecified atom stereocenters. The minimum Gasteiger partial charge on any atom is -0.319 e. The molecule has 1 saturated heterocycles. The van der Waals surface area contributed by atoms with Crippen molar-refractivity contribution in [3.8, 4) is 0 Å². The standard InChI is InChI=1S/C22H18Cl2N4O3S/c1-22(14-5-3-2-4-6-14)19(30)28(21(31)27-22)12-18(29)26-20-25-11-16(32-20)10-13-9-15(23)7-8-17(13)24/h2-9,11H,10,12H2,1H3,(H,27,31)(H,25,26,29). The van der Waals surface area contributed by atoms with Crippen LogP contribution in [0.3, 0.4) is 0 Å². The van der Waals surface area contributed by atoms with E-state index in [9.17, 15) is 14.4 Å². The van der Waals surface area contributed by atoms with Gasteiger partial charge in [0, 0.05) is 27.5 Å². The zero-order valence-corrected chi connectivity index (χ0v) is 19.2. The van der Waals surface area contributed by atoms with Crippen LogP contribution in [-0.2, 0) is 21.5 Å². The molecule has 1 aliphatic heterocycles. The molecule has 2 aromatic carbocycles. The van der Waals surface area contributed by atoms with Crippen LogP contribution in [0.25, 0.3) is 0 Å². The number of urea groups is 1. The van der Waals surface area contributed by atoms with Gasteiger partial charge in [0.15, 0.2) is 5.13 Å². The van der Waals surface area contributed by atoms with Gasteiger partial charge in [-0.25, -0.2) is 9.78 Å². The van der Waals surface area contributed by atoms with Gasteiger partial charge in [0.2, 0.25) is 5.91 Å². The summed E-state index contributed by atoms with van der Waals surface area (Å²) < 4.78 is 0. The van der Waals surface area contributed by atoms with E-state index in [4.69, 9.17) is 23.2 Å². The van der Waals surface area contributed by atoms with Crippen LogP contribution in [-0.4, -0.2) is 34.3 Å². The highest BCUT2D eigenvalue weighted by atomic mass is 35.5. The average molecular weight is 489 g/mol. The Balaban J connectivity index is 1.41. The first-order valence-electron chi connectivity index (χ1n) is 9.64. The fourth-order valence-corrected chi connectivity index (χ4v) is 4.65. The van der Waals surface area contributed by atoms with Gasteiger partial charge < -0.3 is 10.6 Å². The summed E-state index contributed by atoms with van der Waals surface area (Å²) in [5.74, 6) is -1.01. The van der Waals surface area contributed by atoms with Crippen LogP contribution < -0.4 is 10.6 Å². The molecular weight excluding hydrogens is 471 g/mol. The highest BCUT2D eigenvalue weighted by molar-refractivity contribution is 7.15. The minimum absolute atomic E-state index is 0.362. The van der Waals surface area contributed by atoms with Crippen LogP contribution in [0.5, 0.6) is 0 Å². The summed E-state index contributed by atoms with van der Waals surface area (Å²) >= 11 is 13.5. The van der Waals surface area contributed by atoms with E-state index in [1.807, 2.05) is 6.07 Å². The fourth-order valence-electron chi connectivity index (χ4n) is 3.42. The van der Waals surface area contributed by atoms with E-state index in [2.05, 4.69) is 15.6 Å². The second-order valence-electron chi connectivity index (χ2n) is 7.40. The molecule has 7 nitrogen and oxygen atoms in total. The Labute approximate surface area is 198 Å². The zero-order chi connectivity index (χ0) is 22.9. The molecule has 1 atom stereocenters. The second-order valence-corrected chi connectivity index (χ2v) is 9.36. The predicted molar refractivity (Wildman–Crippen MR) is 124 cm³/mol. The lowest BCUT2D eigenvalue weighted by atomic mass is 9.92. The van der Waals surface area contributed by atoms with Crippen LogP contribution in [0.2, 0.25) is 10.0 Å². The van der Waals surface area contributed by atoms with E-state index >= 15 is 0 Å². The molecule has 0 radical (unpaired) electrons. The molecule has 3 aromatic rings. The second kappa shape index (κ2) is 8.90. The van der Waals surface area contributed by atoms with Gasteiger partial charge in [-0.3, -0.25) is 14.5 Å². The molecule has 0 spiro atoms. The summed E-state index contributed by atoms with van der Waals surface area (Å²) in [5.41, 5.74) is 0.272.